The van der Waals surface area contributed by atoms with Gasteiger partial charge in [0.05, 0.1) is 62.4 Å². The topological polar surface area (TPSA) is 118 Å². The summed E-state index contributed by atoms with van der Waals surface area (Å²) in [6.45, 7) is 4.39. The molecule has 4 aromatic rings. The molecule has 47 heavy (non-hydrogen) atoms. The van der Waals surface area contributed by atoms with Gasteiger partial charge in [0.2, 0.25) is 0 Å². The van der Waals surface area contributed by atoms with Crippen molar-refractivity contribution in [1.29, 1.82) is 0 Å². The molecular formula is C33H39IN5O7P. The molecular weight excluding hydrogens is 736 g/mol. The van der Waals surface area contributed by atoms with E-state index in [0.29, 0.717) is 11.5 Å². The van der Waals surface area contributed by atoms with Gasteiger partial charge in [-0.1, -0.05) is 54.6 Å². The van der Waals surface area contributed by atoms with E-state index in [1.54, 1.807) is 45.5 Å². The van der Waals surface area contributed by atoms with E-state index in [2.05, 4.69) is 64.6 Å². The van der Waals surface area contributed by atoms with Crippen molar-refractivity contribution in [3.63, 3.8) is 0 Å². The molecule has 0 fully saturated rings. The van der Waals surface area contributed by atoms with Crippen LogP contribution in [0.3, 0.4) is 0 Å². The fraction of sp³-hybridized carbons (Fsp3) is 0.333. The summed E-state index contributed by atoms with van der Waals surface area (Å²) in [6, 6.07) is 26.2. The Morgan fingerprint density at radius 2 is 1.43 bits per heavy atom. The quantitative estimate of drug-likeness (QED) is 0.0428. The maximum atomic E-state index is 12.7. The molecule has 1 atom stereocenters. The van der Waals surface area contributed by atoms with Gasteiger partial charge in [-0.05, 0) is 54.8 Å². The van der Waals surface area contributed by atoms with Crippen LogP contribution in [0.1, 0.15) is 42.4 Å². The number of benzene rings is 3. The van der Waals surface area contributed by atoms with Crippen LogP contribution in [0.4, 0.5) is 5.82 Å². The van der Waals surface area contributed by atoms with Gasteiger partial charge in [-0.25, -0.2) is 9.98 Å². The van der Waals surface area contributed by atoms with E-state index < -0.39 is 19.3 Å². The van der Waals surface area contributed by atoms with Gasteiger partial charge >= 0.3 is 7.60 Å². The molecule has 1 aliphatic heterocycles. The van der Waals surface area contributed by atoms with Crippen LogP contribution in [0.25, 0.3) is 0 Å². The van der Waals surface area contributed by atoms with Crippen LogP contribution in [0.5, 0.6) is 11.5 Å². The van der Waals surface area contributed by atoms with Crippen molar-refractivity contribution < 1.29 is 32.7 Å². The number of aromatic nitrogens is 2. The predicted octanol–water partition coefficient (Wildman–Crippen LogP) is 6.35. The number of anilines is 1. The largest absolute Gasteiger partial charge is 0.497 e. The number of methoxy groups -OCH3 is 2. The smallest absolute Gasteiger partial charge is 0.356 e. The molecule has 250 valence electrons. The summed E-state index contributed by atoms with van der Waals surface area (Å²) in [5, 5.41) is 3.88. The van der Waals surface area contributed by atoms with Gasteiger partial charge in [0, 0.05) is 0 Å². The number of halogens is 1. The van der Waals surface area contributed by atoms with Crippen molar-refractivity contribution in [2.75, 3.05) is 50.1 Å². The summed E-state index contributed by atoms with van der Waals surface area (Å²) in [6.07, 6.45) is 2.62. The molecule has 1 unspecified atom stereocenters. The predicted molar refractivity (Wildman–Crippen MR) is 189 cm³/mol. The maximum Gasteiger partial charge on any atom is 0.356 e. The second-order valence-electron chi connectivity index (χ2n) is 10.3. The van der Waals surface area contributed by atoms with Crippen LogP contribution in [-0.2, 0) is 23.9 Å². The highest BCUT2D eigenvalue weighted by molar-refractivity contribution is 14.1. The Kier molecular flexibility index (Phi) is 11.9. The zero-order chi connectivity index (χ0) is 33.3. The average Bonchev–Trinajstić information content (AvgIpc) is 3.54. The second-order valence-corrected chi connectivity index (χ2v) is 13.3. The van der Waals surface area contributed by atoms with Crippen LogP contribution in [-0.4, -0.2) is 63.0 Å². The number of imidazole rings is 1. The van der Waals surface area contributed by atoms with E-state index in [-0.39, 0.29) is 32.8 Å². The Morgan fingerprint density at radius 3 is 1.98 bits per heavy atom. The van der Waals surface area contributed by atoms with Crippen molar-refractivity contribution in [3.05, 3.63) is 108 Å². The summed E-state index contributed by atoms with van der Waals surface area (Å²) >= 11 is 2.15. The van der Waals surface area contributed by atoms with E-state index >= 15 is 0 Å². The molecule has 0 radical (unpaired) electrons. The summed E-state index contributed by atoms with van der Waals surface area (Å²) in [4.78, 5) is 15.7. The molecule has 0 saturated heterocycles. The highest BCUT2D eigenvalue weighted by atomic mass is 127. The van der Waals surface area contributed by atoms with Gasteiger partial charge < -0.3 is 28.1 Å². The number of aliphatic imine (C=N–C) groups is 1. The number of hydrogen-bond donors (Lipinski definition) is 1. The fourth-order valence-electron chi connectivity index (χ4n) is 5.39. The van der Waals surface area contributed by atoms with Crippen molar-refractivity contribution in [3.8, 4) is 11.5 Å². The monoisotopic (exact) mass is 775 g/mol. The molecule has 2 heterocycles. The lowest BCUT2D eigenvalue weighted by Crippen LogP contribution is -2.47. The minimum absolute atomic E-state index is 0.157. The van der Waals surface area contributed by atoms with Crippen LogP contribution in [0.15, 0.2) is 90.2 Å². The van der Waals surface area contributed by atoms with Crippen LogP contribution >= 0.6 is 30.5 Å². The van der Waals surface area contributed by atoms with E-state index in [4.69, 9.17) is 38.1 Å². The van der Waals surface area contributed by atoms with Crippen LogP contribution in [0, 0.1) is 0 Å². The standard InChI is InChI=1S/C33H39IN5O7P/c1-5-45-47(40,46-6-2)24-43-20-21-44-39-23-35-30-31(36-22-38(34)32(30)39)37-33(25-10-8-7-9-11-25,26-12-16-28(41-3)17-13-26)27-14-18-29(42-4)19-15-27/h7-19,22-23,31,37H,5-6,20-21,24H2,1-4H3. The number of rotatable bonds is 17. The molecule has 12 nitrogen and oxygen atoms in total. The molecule has 1 aliphatic rings. The molecule has 0 bridgehead atoms. The average molecular weight is 776 g/mol. The third kappa shape index (κ3) is 7.82. The maximum absolute atomic E-state index is 12.7. The molecule has 1 aromatic heterocycles. The minimum Gasteiger partial charge on any atom is -0.497 e. The van der Waals surface area contributed by atoms with E-state index in [0.717, 1.165) is 28.2 Å². The first-order valence-electron chi connectivity index (χ1n) is 15.1. The first-order chi connectivity index (χ1) is 22.9. The Morgan fingerprint density at radius 1 is 0.851 bits per heavy atom. The molecule has 5 rings (SSSR count). The summed E-state index contributed by atoms with van der Waals surface area (Å²) < 4.78 is 43.3. The zero-order valence-corrected chi connectivity index (χ0v) is 29.8. The molecule has 0 amide bonds. The van der Waals surface area contributed by atoms with Crippen LogP contribution < -0.4 is 22.7 Å². The number of ether oxygens (including phenoxy) is 3. The summed E-state index contributed by atoms with van der Waals surface area (Å²) in [7, 11) is -0.00323. The van der Waals surface area contributed by atoms with Gasteiger partial charge in [0.25, 0.3) is 0 Å². The Balaban J connectivity index is 1.46. The van der Waals surface area contributed by atoms with E-state index in [9.17, 15) is 4.57 Å². The molecule has 0 spiro atoms. The lowest BCUT2D eigenvalue weighted by atomic mass is 9.76. The third-order valence-corrected chi connectivity index (χ3v) is 9.99. The summed E-state index contributed by atoms with van der Waals surface area (Å²) in [5.41, 5.74) is 2.77. The Hall–Kier alpha value is -3.46. The van der Waals surface area contributed by atoms with Gasteiger partial charge in [-0.15, -0.1) is 0 Å². The lowest BCUT2D eigenvalue weighted by molar-refractivity contribution is 0.0468. The van der Waals surface area contributed by atoms with Crippen molar-refractivity contribution in [1.82, 2.24) is 15.0 Å². The number of nitrogens with one attached hydrogen (secondary N) is 1. The van der Waals surface area contributed by atoms with Gasteiger partial charge in [-0.2, -0.15) is 4.73 Å². The van der Waals surface area contributed by atoms with Gasteiger partial charge in [0.1, 0.15) is 49.0 Å². The molecule has 0 aliphatic carbocycles. The molecule has 14 heteroatoms. The first-order valence-corrected chi connectivity index (χ1v) is 17.8. The van der Waals surface area contributed by atoms with E-state index in [1.807, 2.05) is 45.6 Å². The summed E-state index contributed by atoms with van der Waals surface area (Å²) in [5.74, 6) is 2.20. The normalized spacial score (nSPS) is 14.6. The molecule has 1 N–H and O–H groups in total. The highest BCUT2D eigenvalue weighted by Gasteiger charge is 2.41. The van der Waals surface area contributed by atoms with Gasteiger partial charge in [-0.3, -0.25) is 13.0 Å². The highest BCUT2D eigenvalue weighted by Crippen LogP contribution is 2.48. The first kappa shape index (κ1) is 34.9. The Bertz CT molecular complexity index is 1600. The van der Waals surface area contributed by atoms with Gasteiger partial charge in [0.15, 0.2) is 5.82 Å². The van der Waals surface area contributed by atoms with Crippen molar-refractivity contribution in [2.24, 2.45) is 4.99 Å². The van der Waals surface area contributed by atoms with Crippen LogP contribution in [0.2, 0.25) is 0 Å². The minimum atomic E-state index is -3.31. The Labute approximate surface area is 289 Å². The van der Waals surface area contributed by atoms with Crippen molar-refractivity contribution >= 4 is 42.6 Å². The fourth-order valence-corrected chi connectivity index (χ4v) is 7.36. The lowest BCUT2D eigenvalue weighted by Gasteiger charge is -2.40. The molecule has 3 aromatic carbocycles. The second kappa shape index (κ2) is 16.1. The third-order valence-electron chi connectivity index (χ3n) is 7.48. The number of hydrogen-bond acceptors (Lipinski definition) is 11. The molecule has 0 saturated carbocycles. The van der Waals surface area contributed by atoms with Crippen molar-refractivity contribution in [2.45, 2.75) is 25.6 Å². The van der Waals surface area contributed by atoms with E-state index in [1.165, 1.54) is 0 Å². The zero-order valence-electron chi connectivity index (χ0n) is 26.7. The SMILES string of the molecule is CCOP(=O)(COCCOn1cnc2c1N(I)C=NC2NC(c1ccccc1)(c1ccc(OC)cc1)c1ccc(OC)cc1)OCC. The number of nitrogens with zero attached hydrogens (tertiary/aromatic N) is 4. The number of fused-ring (bicyclic) bond motifs is 1.